The van der Waals surface area contributed by atoms with E-state index in [0.29, 0.717) is 27.3 Å². The van der Waals surface area contributed by atoms with Gasteiger partial charge in [-0.25, -0.2) is 0 Å². The van der Waals surface area contributed by atoms with Gasteiger partial charge in [-0.1, -0.05) is 48.5 Å². The molecule has 9 heteroatoms. The number of hydrogen-bond donors (Lipinski definition) is 1. The lowest BCUT2D eigenvalue weighted by Gasteiger charge is -2.48. The first-order chi connectivity index (χ1) is 16.0. The number of carbonyl (C=O) groups excluding carboxylic acids is 3. The average Bonchev–Trinajstić information content (AvgIpc) is 3.10. The van der Waals surface area contributed by atoms with Crippen molar-refractivity contribution in [2.75, 3.05) is 0 Å². The molecule has 0 radical (unpaired) electrons. The SMILES string of the molecule is O=C(NN1C(=O)[C@@H]2[C@@H](C1=O)C1c3ccccc3C2([N+](=O)[O-])c2ccccc21)c1ccncc1. The molecule has 1 aromatic heterocycles. The summed E-state index contributed by atoms with van der Waals surface area (Å²) < 4.78 is 0. The number of amides is 3. The van der Waals surface area contributed by atoms with Gasteiger partial charge in [-0.3, -0.25) is 34.9 Å². The quantitative estimate of drug-likeness (QED) is 0.378. The van der Waals surface area contributed by atoms with E-state index in [9.17, 15) is 24.5 Å². The van der Waals surface area contributed by atoms with Gasteiger partial charge in [-0.2, -0.15) is 5.01 Å². The first-order valence-corrected chi connectivity index (χ1v) is 10.4. The van der Waals surface area contributed by atoms with Crippen molar-refractivity contribution in [3.63, 3.8) is 0 Å². The summed E-state index contributed by atoms with van der Waals surface area (Å²) in [6.45, 7) is 0. The summed E-state index contributed by atoms with van der Waals surface area (Å²) in [5.41, 5.74) is 2.83. The monoisotopic (exact) mass is 440 g/mol. The molecule has 1 fully saturated rings. The Morgan fingerprint density at radius 2 is 1.52 bits per heavy atom. The number of nitrogens with zero attached hydrogens (tertiary/aromatic N) is 3. The van der Waals surface area contributed by atoms with Crippen molar-refractivity contribution in [1.82, 2.24) is 15.4 Å². The Hall–Kier alpha value is -4.40. The number of carbonyl (C=O) groups is 3. The number of rotatable bonds is 3. The predicted molar refractivity (Wildman–Crippen MR) is 113 cm³/mol. The third-order valence-electron chi connectivity index (χ3n) is 7.02. The maximum atomic E-state index is 13.6. The molecular formula is C24H16N4O5. The Morgan fingerprint density at radius 3 is 2.09 bits per heavy atom. The van der Waals surface area contributed by atoms with Gasteiger partial charge < -0.3 is 0 Å². The van der Waals surface area contributed by atoms with E-state index in [0.717, 1.165) is 0 Å². The first-order valence-electron chi connectivity index (χ1n) is 10.4. The summed E-state index contributed by atoms with van der Waals surface area (Å²) in [6, 6.07) is 16.7. The molecule has 162 valence electrons. The Bertz CT molecular complexity index is 1320. The maximum absolute atomic E-state index is 13.6. The molecule has 2 heterocycles. The van der Waals surface area contributed by atoms with E-state index in [2.05, 4.69) is 10.4 Å². The smallest absolute Gasteiger partial charge is 0.272 e. The normalized spacial score (nSPS) is 26.4. The van der Waals surface area contributed by atoms with Crippen LogP contribution in [0.15, 0.2) is 73.1 Å². The summed E-state index contributed by atoms with van der Waals surface area (Å²) in [5, 5.41) is 13.5. The number of hydrogen-bond acceptors (Lipinski definition) is 6. The highest BCUT2D eigenvalue weighted by molar-refractivity contribution is 6.10. The zero-order chi connectivity index (χ0) is 22.9. The molecule has 3 aromatic rings. The van der Waals surface area contributed by atoms with Gasteiger partial charge in [0.2, 0.25) is 0 Å². The second-order valence-electron chi connectivity index (χ2n) is 8.37. The van der Waals surface area contributed by atoms with E-state index in [4.69, 9.17) is 0 Å². The molecular weight excluding hydrogens is 424 g/mol. The fourth-order valence-corrected chi connectivity index (χ4v) is 5.82. The molecule has 1 saturated heterocycles. The van der Waals surface area contributed by atoms with E-state index in [1.807, 2.05) is 0 Å². The summed E-state index contributed by atoms with van der Waals surface area (Å²) in [4.78, 5) is 56.1. The van der Waals surface area contributed by atoms with Crippen LogP contribution >= 0.6 is 0 Å². The molecule has 0 saturated carbocycles. The number of nitro groups is 1. The lowest BCUT2D eigenvalue weighted by atomic mass is 9.51. The summed E-state index contributed by atoms with van der Waals surface area (Å²) in [6.07, 6.45) is 2.83. The summed E-state index contributed by atoms with van der Waals surface area (Å²) in [7, 11) is 0. The zero-order valence-electron chi connectivity index (χ0n) is 17.0. The molecule has 9 nitrogen and oxygen atoms in total. The lowest BCUT2D eigenvalue weighted by molar-refractivity contribution is -0.578. The molecule has 1 N–H and O–H groups in total. The van der Waals surface area contributed by atoms with Crippen LogP contribution in [0.2, 0.25) is 0 Å². The number of benzene rings is 2. The van der Waals surface area contributed by atoms with Gasteiger partial charge in [-0.15, -0.1) is 0 Å². The van der Waals surface area contributed by atoms with Crippen LogP contribution in [0.3, 0.4) is 0 Å². The van der Waals surface area contributed by atoms with Gasteiger partial charge in [0, 0.05) is 39.9 Å². The minimum absolute atomic E-state index is 0.207. The maximum Gasteiger partial charge on any atom is 0.285 e. The Balaban J connectivity index is 1.54. The standard InChI is InChI=1S/C24H16N4O5/c29-21(13-9-11-25-12-10-13)26-27-22(30)19-18-14-5-1-3-7-16(14)24(28(32)33,20(19)23(27)31)17-8-4-2-6-15(17)18/h1-12,18-20H,(H,26,29)/t18?,19-,20-,24?/m0/s1. The van der Waals surface area contributed by atoms with Gasteiger partial charge in [0.15, 0.2) is 0 Å². The van der Waals surface area contributed by atoms with Crippen molar-refractivity contribution < 1.29 is 19.3 Å². The number of nitrogens with one attached hydrogen (secondary N) is 1. The highest BCUT2D eigenvalue weighted by Crippen LogP contribution is 2.63. The minimum Gasteiger partial charge on any atom is -0.272 e. The van der Waals surface area contributed by atoms with Gasteiger partial charge in [-0.05, 0) is 23.3 Å². The Labute approximate surface area is 187 Å². The van der Waals surface area contributed by atoms with Gasteiger partial charge in [0.1, 0.15) is 5.92 Å². The number of hydrazine groups is 1. The number of pyridine rings is 1. The van der Waals surface area contributed by atoms with E-state index >= 15 is 0 Å². The molecule has 2 bridgehead atoms. The summed E-state index contributed by atoms with van der Waals surface area (Å²) >= 11 is 0. The Kier molecular flexibility index (Phi) is 3.83. The largest absolute Gasteiger partial charge is 0.285 e. The van der Waals surface area contributed by atoms with Gasteiger partial charge in [0.05, 0.1) is 5.92 Å². The van der Waals surface area contributed by atoms with E-state index in [1.54, 1.807) is 48.5 Å². The average molecular weight is 440 g/mol. The predicted octanol–water partition coefficient (Wildman–Crippen LogP) is 2.01. The number of imide groups is 1. The van der Waals surface area contributed by atoms with Crippen LogP contribution in [0.25, 0.3) is 0 Å². The molecule has 3 aliphatic carbocycles. The lowest BCUT2D eigenvalue weighted by Crippen LogP contribution is -2.57. The Morgan fingerprint density at radius 1 is 0.939 bits per heavy atom. The van der Waals surface area contributed by atoms with Crippen molar-refractivity contribution in [1.29, 1.82) is 0 Å². The second kappa shape index (κ2) is 6.55. The summed E-state index contributed by atoms with van der Waals surface area (Å²) in [5.74, 6) is -4.89. The second-order valence-corrected chi connectivity index (χ2v) is 8.37. The third-order valence-corrected chi connectivity index (χ3v) is 7.02. The van der Waals surface area contributed by atoms with Crippen molar-refractivity contribution in [3.8, 4) is 0 Å². The van der Waals surface area contributed by atoms with Crippen molar-refractivity contribution in [3.05, 3.63) is 111 Å². The van der Waals surface area contributed by atoms with E-state index in [1.165, 1.54) is 24.5 Å². The molecule has 0 spiro atoms. The van der Waals surface area contributed by atoms with Crippen LogP contribution in [-0.2, 0) is 15.1 Å². The molecule has 2 aromatic carbocycles. The van der Waals surface area contributed by atoms with Crippen molar-refractivity contribution in [2.45, 2.75) is 11.5 Å². The molecule has 1 aliphatic heterocycles. The van der Waals surface area contributed by atoms with E-state index < -0.39 is 45.9 Å². The minimum atomic E-state index is -1.92. The van der Waals surface area contributed by atoms with Crippen LogP contribution in [0.5, 0.6) is 0 Å². The van der Waals surface area contributed by atoms with Crippen LogP contribution in [0.4, 0.5) is 0 Å². The molecule has 7 rings (SSSR count). The van der Waals surface area contributed by atoms with Crippen molar-refractivity contribution in [2.24, 2.45) is 11.8 Å². The number of aromatic nitrogens is 1. The highest BCUT2D eigenvalue weighted by atomic mass is 16.6. The van der Waals surface area contributed by atoms with Gasteiger partial charge in [0.25, 0.3) is 23.3 Å². The van der Waals surface area contributed by atoms with Crippen LogP contribution in [0, 0.1) is 22.0 Å². The zero-order valence-corrected chi connectivity index (χ0v) is 17.0. The fraction of sp³-hybridized carbons (Fsp3) is 0.167. The topological polar surface area (TPSA) is 123 Å². The van der Waals surface area contributed by atoms with Crippen LogP contribution in [0.1, 0.15) is 38.5 Å². The van der Waals surface area contributed by atoms with E-state index in [-0.39, 0.29) is 5.56 Å². The molecule has 4 aliphatic rings. The molecule has 2 atom stereocenters. The van der Waals surface area contributed by atoms with Gasteiger partial charge >= 0.3 is 0 Å². The molecule has 3 amide bonds. The molecule has 0 unspecified atom stereocenters. The highest BCUT2D eigenvalue weighted by Gasteiger charge is 2.75. The first kappa shape index (κ1) is 19.3. The van der Waals surface area contributed by atoms with Crippen LogP contribution < -0.4 is 5.43 Å². The molecule has 33 heavy (non-hydrogen) atoms. The van der Waals surface area contributed by atoms with Crippen molar-refractivity contribution >= 4 is 17.7 Å². The third kappa shape index (κ3) is 2.25. The van der Waals surface area contributed by atoms with Crippen LogP contribution in [-0.4, -0.2) is 32.6 Å². The fourth-order valence-electron chi connectivity index (χ4n) is 5.82.